The maximum atomic E-state index is 13.5. The first kappa shape index (κ1) is 19.5. The van der Waals surface area contributed by atoms with Gasteiger partial charge in [0.25, 0.3) is 0 Å². The Morgan fingerprint density at radius 1 is 1.07 bits per heavy atom. The molecule has 158 valence electrons. The molecule has 2 heterocycles. The van der Waals surface area contributed by atoms with Crippen molar-refractivity contribution in [1.82, 2.24) is 25.0 Å². The number of anilines is 1. The quantitative estimate of drug-likeness (QED) is 0.446. The van der Waals surface area contributed by atoms with Gasteiger partial charge in [-0.15, -0.1) is 5.10 Å². The predicted molar refractivity (Wildman–Crippen MR) is 101 cm³/mol. The van der Waals surface area contributed by atoms with E-state index in [4.69, 9.17) is 11.6 Å². The Morgan fingerprint density at radius 2 is 1.87 bits per heavy atom. The van der Waals surface area contributed by atoms with Gasteiger partial charge in [0, 0.05) is 18.4 Å². The van der Waals surface area contributed by atoms with Crippen molar-refractivity contribution in [3.05, 3.63) is 40.7 Å². The number of rotatable bonds is 4. The van der Waals surface area contributed by atoms with Gasteiger partial charge in [0.15, 0.2) is 28.6 Å². The molecule has 0 bridgehead atoms. The van der Waals surface area contributed by atoms with Gasteiger partial charge >= 0.3 is 0 Å². The largest absolute Gasteiger partial charge is 0.390 e. The average molecular weight is 439 g/mol. The number of halogens is 3. The number of hydrogen-bond acceptors (Lipinski definition) is 8. The molecule has 2 aliphatic carbocycles. The lowest BCUT2D eigenvalue weighted by atomic mass is 10.1. The fourth-order valence-electron chi connectivity index (χ4n) is 4.00. The summed E-state index contributed by atoms with van der Waals surface area (Å²) < 4.78 is 28.0. The highest BCUT2D eigenvalue weighted by Gasteiger charge is 2.44. The minimum absolute atomic E-state index is 0.0270. The Labute approximate surface area is 173 Å². The molecule has 1 aromatic carbocycles. The van der Waals surface area contributed by atoms with Gasteiger partial charge in [0.1, 0.15) is 12.2 Å². The highest BCUT2D eigenvalue weighted by molar-refractivity contribution is 6.28. The lowest BCUT2D eigenvalue weighted by Crippen LogP contribution is -2.31. The molecule has 2 aromatic heterocycles. The highest BCUT2D eigenvalue weighted by atomic mass is 35.5. The second kappa shape index (κ2) is 7.05. The topological polar surface area (TPSA) is 129 Å². The molecule has 2 aliphatic rings. The molecule has 4 N–H and O–H groups in total. The summed E-state index contributed by atoms with van der Waals surface area (Å²) in [6, 6.07) is 3.01. The van der Waals surface area contributed by atoms with Crippen LogP contribution in [0.5, 0.6) is 0 Å². The standard InChI is InChI=1S/C18H17ClF2N6O3/c19-18-23-16(22-10-4-7(10)6-1-2-8(20)9(21)3-6)13-17(24-18)27(26-25-13)11-5-12(28)15(30)14(11)29/h1-3,7,10-12,14-15,28-30H,4-5H2,(H,22,23,24)/t7-,10+,11+,12-,14-,15+/m0/s1. The first-order valence-corrected chi connectivity index (χ1v) is 9.75. The zero-order chi connectivity index (χ0) is 21.2. The third-order valence-corrected chi connectivity index (χ3v) is 5.89. The van der Waals surface area contributed by atoms with Crippen molar-refractivity contribution in [2.45, 2.75) is 49.2 Å². The molecule has 0 spiro atoms. The van der Waals surface area contributed by atoms with Crippen molar-refractivity contribution in [3.8, 4) is 0 Å². The maximum absolute atomic E-state index is 13.5. The molecule has 0 unspecified atom stereocenters. The molecule has 2 fully saturated rings. The molecule has 9 nitrogen and oxygen atoms in total. The van der Waals surface area contributed by atoms with Crippen LogP contribution in [0.1, 0.15) is 30.4 Å². The number of aliphatic hydroxyl groups excluding tert-OH is 3. The van der Waals surface area contributed by atoms with Crippen molar-refractivity contribution in [2.75, 3.05) is 5.32 Å². The number of hydrogen-bond donors (Lipinski definition) is 4. The summed E-state index contributed by atoms with van der Waals surface area (Å²) >= 11 is 6.06. The Bertz CT molecular complexity index is 1130. The molecule has 2 saturated carbocycles. The van der Waals surface area contributed by atoms with Crippen LogP contribution < -0.4 is 5.32 Å². The Kier molecular flexibility index (Phi) is 4.58. The summed E-state index contributed by atoms with van der Waals surface area (Å²) in [7, 11) is 0. The van der Waals surface area contributed by atoms with Gasteiger partial charge in [-0.3, -0.25) is 0 Å². The van der Waals surface area contributed by atoms with Crippen molar-refractivity contribution < 1.29 is 24.1 Å². The second-order valence-electron chi connectivity index (χ2n) is 7.67. The van der Waals surface area contributed by atoms with Gasteiger partial charge in [-0.05, 0) is 35.7 Å². The molecule has 3 aromatic rings. The smallest absolute Gasteiger partial charge is 0.226 e. The van der Waals surface area contributed by atoms with E-state index >= 15 is 0 Å². The average Bonchev–Trinajstić information content (AvgIpc) is 3.27. The van der Waals surface area contributed by atoms with E-state index < -0.39 is 36.0 Å². The number of aliphatic hydroxyl groups is 3. The number of benzene rings is 1. The van der Waals surface area contributed by atoms with Crippen LogP contribution in [0.4, 0.5) is 14.6 Å². The van der Waals surface area contributed by atoms with E-state index in [-0.39, 0.29) is 29.3 Å². The minimum Gasteiger partial charge on any atom is -0.390 e. The van der Waals surface area contributed by atoms with Crippen LogP contribution in [-0.2, 0) is 0 Å². The van der Waals surface area contributed by atoms with E-state index in [1.165, 1.54) is 10.7 Å². The summed E-state index contributed by atoms with van der Waals surface area (Å²) in [4.78, 5) is 8.30. The molecule has 0 radical (unpaired) electrons. The lowest BCUT2D eigenvalue weighted by Gasteiger charge is -2.16. The Balaban J connectivity index is 1.42. The number of fused-ring (bicyclic) bond motifs is 1. The van der Waals surface area contributed by atoms with Crippen LogP contribution in [0.25, 0.3) is 11.2 Å². The number of nitrogens with one attached hydrogen (secondary N) is 1. The van der Waals surface area contributed by atoms with Gasteiger partial charge in [-0.25, -0.2) is 13.5 Å². The van der Waals surface area contributed by atoms with Gasteiger partial charge in [-0.2, -0.15) is 9.97 Å². The van der Waals surface area contributed by atoms with Crippen LogP contribution in [0.3, 0.4) is 0 Å². The molecule has 0 saturated heterocycles. The predicted octanol–water partition coefficient (Wildman–Crippen LogP) is 1.15. The van der Waals surface area contributed by atoms with E-state index in [0.29, 0.717) is 23.3 Å². The van der Waals surface area contributed by atoms with Gasteiger partial charge < -0.3 is 20.6 Å². The molecule has 12 heteroatoms. The summed E-state index contributed by atoms with van der Waals surface area (Å²) in [6.07, 6.45) is -2.88. The van der Waals surface area contributed by atoms with Crippen molar-refractivity contribution in [2.24, 2.45) is 0 Å². The minimum atomic E-state index is -1.30. The van der Waals surface area contributed by atoms with E-state index in [1.54, 1.807) is 6.07 Å². The Hall–Kier alpha value is -2.47. The zero-order valence-electron chi connectivity index (χ0n) is 15.3. The van der Waals surface area contributed by atoms with Crippen molar-refractivity contribution in [1.29, 1.82) is 0 Å². The molecule has 0 amide bonds. The summed E-state index contributed by atoms with van der Waals surface area (Å²) in [6.45, 7) is 0. The van der Waals surface area contributed by atoms with Gasteiger partial charge in [0.05, 0.1) is 12.1 Å². The van der Waals surface area contributed by atoms with Gasteiger partial charge in [0.2, 0.25) is 5.28 Å². The summed E-state index contributed by atoms with van der Waals surface area (Å²) in [5, 5.41) is 41.1. The van der Waals surface area contributed by atoms with E-state index in [2.05, 4.69) is 25.6 Å². The second-order valence-corrected chi connectivity index (χ2v) is 8.00. The lowest BCUT2D eigenvalue weighted by molar-refractivity contribution is -0.0253. The fourth-order valence-corrected chi connectivity index (χ4v) is 4.16. The van der Waals surface area contributed by atoms with Crippen LogP contribution in [0.2, 0.25) is 5.28 Å². The normalized spacial score (nSPS) is 30.7. The van der Waals surface area contributed by atoms with Crippen LogP contribution >= 0.6 is 11.6 Å². The Morgan fingerprint density at radius 3 is 2.57 bits per heavy atom. The van der Waals surface area contributed by atoms with Crippen LogP contribution in [0.15, 0.2) is 18.2 Å². The van der Waals surface area contributed by atoms with E-state index in [9.17, 15) is 24.1 Å². The molecular weight excluding hydrogens is 422 g/mol. The molecule has 30 heavy (non-hydrogen) atoms. The van der Waals surface area contributed by atoms with Gasteiger partial charge in [-0.1, -0.05) is 11.3 Å². The fraction of sp³-hybridized carbons (Fsp3) is 0.444. The monoisotopic (exact) mass is 438 g/mol. The zero-order valence-corrected chi connectivity index (χ0v) is 16.1. The van der Waals surface area contributed by atoms with Crippen molar-refractivity contribution >= 4 is 28.6 Å². The van der Waals surface area contributed by atoms with Crippen molar-refractivity contribution in [3.63, 3.8) is 0 Å². The molecule has 6 atom stereocenters. The maximum Gasteiger partial charge on any atom is 0.226 e. The van der Waals surface area contributed by atoms with Crippen LogP contribution in [-0.4, -0.2) is 64.6 Å². The summed E-state index contributed by atoms with van der Waals surface area (Å²) in [5.41, 5.74) is 1.22. The molecule has 0 aliphatic heterocycles. The SMILES string of the molecule is O[C@@H]1[C@H](O)[C@@H](O)C[C@H]1n1nnc2c(N[C@@H]3C[C@H]3c3ccc(F)c(F)c3)nc(Cl)nc21. The third-order valence-electron chi connectivity index (χ3n) is 5.72. The van der Waals surface area contributed by atoms with E-state index in [1.807, 2.05) is 0 Å². The third kappa shape index (κ3) is 3.18. The first-order chi connectivity index (χ1) is 14.3. The number of nitrogens with zero attached hydrogens (tertiary/aromatic N) is 5. The summed E-state index contributed by atoms with van der Waals surface area (Å²) in [5.74, 6) is -1.50. The first-order valence-electron chi connectivity index (χ1n) is 9.37. The number of aromatic nitrogens is 5. The molecular formula is C18H17ClF2N6O3. The molecule has 5 rings (SSSR count). The highest BCUT2D eigenvalue weighted by Crippen LogP contribution is 2.43. The van der Waals surface area contributed by atoms with E-state index in [0.717, 1.165) is 6.07 Å². The van der Waals surface area contributed by atoms with Crippen LogP contribution in [0, 0.1) is 11.6 Å².